The summed E-state index contributed by atoms with van der Waals surface area (Å²) in [5.41, 5.74) is 1.31. The minimum atomic E-state index is 0.153. The highest BCUT2D eigenvalue weighted by molar-refractivity contribution is 5.76. The maximum atomic E-state index is 11.9. The molecular weight excluding hydrogens is 252 g/mol. The number of nitrogens with one attached hydrogen (secondary N) is 1. The van der Waals surface area contributed by atoms with Gasteiger partial charge in [-0.3, -0.25) is 4.79 Å². The Morgan fingerprint density at radius 2 is 2.45 bits per heavy atom. The second kappa shape index (κ2) is 7.48. The number of aryl methyl sites for hydroxylation is 2. The average Bonchev–Trinajstić information content (AvgIpc) is 3.05. The SMILES string of the molecule is C[C@H](CCc1cccn1C)NC(=O)CC[C@H]1CCCO1. The first-order chi connectivity index (χ1) is 9.65. The number of nitrogens with zero attached hydrogens (tertiary/aromatic N) is 1. The van der Waals surface area contributed by atoms with Gasteiger partial charge in [0.05, 0.1) is 6.10 Å². The van der Waals surface area contributed by atoms with Gasteiger partial charge in [0.2, 0.25) is 5.91 Å². The van der Waals surface area contributed by atoms with Crippen molar-refractivity contribution in [3.05, 3.63) is 24.0 Å². The number of amides is 1. The van der Waals surface area contributed by atoms with Gasteiger partial charge in [0.15, 0.2) is 0 Å². The maximum Gasteiger partial charge on any atom is 0.220 e. The molecule has 1 aliphatic heterocycles. The van der Waals surface area contributed by atoms with Crippen LogP contribution in [0.3, 0.4) is 0 Å². The van der Waals surface area contributed by atoms with Crippen molar-refractivity contribution in [3.63, 3.8) is 0 Å². The van der Waals surface area contributed by atoms with Crippen LogP contribution in [0, 0.1) is 0 Å². The fourth-order valence-electron chi connectivity index (χ4n) is 2.70. The van der Waals surface area contributed by atoms with E-state index in [2.05, 4.69) is 42.2 Å². The van der Waals surface area contributed by atoms with E-state index in [9.17, 15) is 4.79 Å². The van der Waals surface area contributed by atoms with E-state index in [-0.39, 0.29) is 11.9 Å². The predicted molar refractivity (Wildman–Crippen MR) is 79.5 cm³/mol. The van der Waals surface area contributed by atoms with Crippen molar-refractivity contribution in [2.75, 3.05) is 6.61 Å². The van der Waals surface area contributed by atoms with Gasteiger partial charge < -0.3 is 14.6 Å². The van der Waals surface area contributed by atoms with Crippen LogP contribution in [0.25, 0.3) is 0 Å². The highest BCUT2D eigenvalue weighted by Crippen LogP contribution is 2.16. The van der Waals surface area contributed by atoms with Crippen molar-refractivity contribution < 1.29 is 9.53 Å². The van der Waals surface area contributed by atoms with Crippen LogP contribution in [-0.4, -0.2) is 29.2 Å². The zero-order valence-corrected chi connectivity index (χ0v) is 12.6. The third-order valence-electron chi connectivity index (χ3n) is 4.01. The lowest BCUT2D eigenvalue weighted by molar-refractivity contribution is -0.122. The van der Waals surface area contributed by atoms with Gasteiger partial charge in [0, 0.05) is 38.0 Å². The quantitative estimate of drug-likeness (QED) is 0.832. The molecule has 2 atom stereocenters. The van der Waals surface area contributed by atoms with Gasteiger partial charge in [0.25, 0.3) is 0 Å². The average molecular weight is 278 g/mol. The van der Waals surface area contributed by atoms with Crippen LogP contribution in [0.1, 0.15) is 44.7 Å². The number of carbonyl (C=O) groups excluding carboxylic acids is 1. The number of hydrogen-bond acceptors (Lipinski definition) is 2. The van der Waals surface area contributed by atoms with Gasteiger partial charge in [-0.15, -0.1) is 0 Å². The molecule has 1 aromatic rings. The number of aromatic nitrogens is 1. The Morgan fingerprint density at radius 1 is 1.60 bits per heavy atom. The molecule has 0 unspecified atom stereocenters. The van der Waals surface area contributed by atoms with Crippen LogP contribution >= 0.6 is 0 Å². The maximum absolute atomic E-state index is 11.9. The van der Waals surface area contributed by atoms with Gasteiger partial charge in [-0.2, -0.15) is 0 Å². The van der Waals surface area contributed by atoms with Gasteiger partial charge in [0.1, 0.15) is 0 Å². The Bertz CT molecular complexity index is 422. The second-order valence-corrected chi connectivity index (χ2v) is 5.79. The first kappa shape index (κ1) is 15.1. The zero-order valence-electron chi connectivity index (χ0n) is 12.6. The summed E-state index contributed by atoms with van der Waals surface area (Å²) in [5.74, 6) is 0.153. The van der Waals surface area contributed by atoms with E-state index in [1.807, 2.05) is 0 Å². The highest BCUT2D eigenvalue weighted by Gasteiger charge is 2.17. The molecule has 20 heavy (non-hydrogen) atoms. The fourth-order valence-corrected chi connectivity index (χ4v) is 2.70. The lowest BCUT2D eigenvalue weighted by Gasteiger charge is -2.15. The predicted octanol–water partition coefficient (Wildman–Crippen LogP) is 2.42. The van der Waals surface area contributed by atoms with Crippen molar-refractivity contribution in [1.82, 2.24) is 9.88 Å². The van der Waals surface area contributed by atoms with E-state index >= 15 is 0 Å². The topological polar surface area (TPSA) is 43.3 Å². The first-order valence-corrected chi connectivity index (χ1v) is 7.66. The Labute approximate surface area is 121 Å². The molecule has 4 heteroatoms. The first-order valence-electron chi connectivity index (χ1n) is 7.66. The largest absolute Gasteiger partial charge is 0.378 e. The van der Waals surface area contributed by atoms with E-state index < -0.39 is 0 Å². The lowest BCUT2D eigenvalue weighted by Crippen LogP contribution is -2.33. The van der Waals surface area contributed by atoms with Crippen molar-refractivity contribution in [2.45, 2.75) is 57.6 Å². The van der Waals surface area contributed by atoms with Crippen LogP contribution in [-0.2, 0) is 23.0 Å². The van der Waals surface area contributed by atoms with Crippen LogP contribution in [0.2, 0.25) is 0 Å². The lowest BCUT2D eigenvalue weighted by atomic mass is 10.1. The Morgan fingerprint density at radius 3 is 3.10 bits per heavy atom. The molecule has 0 bridgehead atoms. The molecule has 1 saturated heterocycles. The van der Waals surface area contributed by atoms with Gasteiger partial charge in [-0.05, 0) is 51.2 Å². The molecule has 1 N–H and O–H groups in total. The van der Waals surface area contributed by atoms with Crippen LogP contribution in [0.15, 0.2) is 18.3 Å². The normalized spacial score (nSPS) is 20.0. The van der Waals surface area contributed by atoms with Gasteiger partial charge in [-0.1, -0.05) is 0 Å². The van der Waals surface area contributed by atoms with Crippen LogP contribution in [0.4, 0.5) is 0 Å². The van der Waals surface area contributed by atoms with E-state index in [1.165, 1.54) is 5.69 Å². The summed E-state index contributed by atoms with van der Waals surface area (Å²) in [4.78, 5) is 11.9. The summed E-state index contributed by atoms with van der Waals surface area (Å²) in [5, 5.41) is 3.08. The van der Waals surface area contributed by atoms with Crippen LogP contribution < -0.4 is 5.32 Å². The number of ether oxygens (including phenoxy) is 1. The molecule has 1 aliphatic rings. The Hall–Kier alpha value is -1.29. The Balaban J connectivity index is 1.62. The molecular formula is C16H26N2O2. The molecule has 0 radical (unpaired) electrons. The third-order valence-corrected chi connectivity index (χ3v) is 4.01. The standard InChI is InChI=1S/C16H26N2O2/c1-13(7-8-14-5-3-11-18(14)2)17-16(19)10-9-15-6-4-12-20-15/h3,5,11,13,15H,4,6-10,12H2,1-2H3,(H,17,19)/t13-,15-/m1/s1. The van der Waals surface area contributed by atoms with Crippen molar-refractivity contribution >= 4 is 5.91 Å². The molecule has 4 nitrogen and oxygen atoms in total. The van der Waals surface area contributed by atoms with Crippen molar-refractivity contribution in [2.24, 2.45) is 7.05 Å². The molecule has 2 rings (SSSR count). The summed E-state index contributed by atoms with van der Waals surface area (Å²) in [6.45, 7) is 2.94. The molecule has 0 aromatic carbocycles. The summed E-state index contributed by atoms with van der Waals surface area (Å²) in [7, 11) is 2.06. The molecule has 2 heterocycles. The molecule has 0 saturated carbocycles. The summed E-state index contributed by atoms with van der Waals surface area (Å²) in [6, 6.07) is 4.41. The van der Waals surface area contributed by atoms with E-state index in [4.69, 9.17) is 4.74 Å². The molecule has 112 valence electrons. The number of rotatable bonds is 7. The van der Waals surface area contributed by atoms with Crippen LogP contribution in [0.5, 0.6) is 0 Å². The number of carbonyl (C=O) groups is 1. The second-order valence-electron chi connectivity index (χ2n) is 5.79. The smallest absolute Gasteiger partial charge is 0.220 e. The van der Waals surface area contributed by atoms with Crippen molar-refractivity contribution in [1.29, 1.82) is 0 Å². The third kappa shape index (κ3) is 4.67. The fraction of sp³-hybridized carbons (Fsp3) is 0.688. The van der Waals surface area contributed by atoms with Crippen molar-refractivity contribution in [3.8, 4) is 0 Å². The summed E-state index contributed by atoms with van der Waals surface area (Å²) in [6.07, 6.45) is 8.02. The molecule has 0 aliphatic carbocycles. The van der Waals surface area contributed by atoms with Gasteiger partial charge in [-0.25, -0.2) is 0 Å². The number of hydrogen-bond donors (Lipinski definition) is 1. The molecule has 1 amide bonds. The minimum Gasteiger partial charge on any atom is -0.378 e. The zero-order chi connectivity index (χ0) is 14.4. The monoisotopic (exact) mass is 278 g/mol. The molecule has 1 fully saturated rings. The van der Waals surface area contributed by atoms with E-state index in [1.54, 1.807) is 0 Å². The summed E-state index contributed by atoms with van der Waals surface area (Å²) >= 11 is 0. The van der Waals surface area contributed by atoms with Gasteiger partial charge >= 0.3 is 0 Å². The minimum absolute atomic E-state index is 0.153. The van der Waals surface area contributed by atoms with E-state index in [0.29, 0.717) is 12.5 Å². The van der Waals surface area contributed by atoms with E-state index in [0.717, 1.165) is 38.7 Å². The molecule has 0 spiro atoms. The highest BCUT2D eigenvalue weighted by atomic mass is 16.5. The summed E-state index contributed by atoms with van der Waals surface area (Å²) < 4.78 is 7.67. The molecule has 1 aromatic heterocycles. The Kier molecular flexibility index (Phi) is 5.65.